The lowest BCUT2D eigenvalue weighted by Gasteiger charge is -2.13. The maximum absolute atomic E-state index is 9.71. The lowest BCUT2D eigenvalue weighted by atomic mass is 9.97. The molecule has 0 fully saturated rings. The van der Waals surface area contributed by atoms with Gasteiger partial charge in [-0.15, -0.1) is 0 Å². The predicted molar refractivity (Wildman–Crippen MR) is 112 cm³/mol. The first-order valence-corrected chi connectivity index (χ1v) is 9.16. The number of hydrogen-bond donors (Lipinski definition) is 5. The van der Waals surface area contributed by atoms with Gasteiger partial charge >= 0.3 is 0 Å². The fourth-order valence-corrected chi connectivity index (χ4v) is 3.55. The topological polar surface area (TPSA) is 127 Å². The number of fused-ring (bicyclic) bond motifs is 2. The minimum absolute atomic E-state index is 0.00354. The third kappa shape index (κ3) is 2.98. The molecule has 3 aromatic carbocycles. The first kappa shape index (κ1) is 17.0. The fraction of sp³-hybridized carbons (Fsp3) is 0.0455. The number of hydrogen-bond acceptors (Lipinski definition) is 4. The smallest absolute Gasteiger partial charge is 0.122 e. The van der Waals surface area contributed by atoms with Crippen molar-refractivity contribution in [3.05, 3.63) is 89.5 Å². The summed E-state index contributed by atoms with van der Waals surface area (Å²) in [7, 11) is 0. The van der Waals surface area contributed by atoms with E-state index in [-0.39, 0.29) is 17.5 Å². The number of phenolic OH excluding ortho intramolecular Hbond substituents is 1. The number of imidazole rings is 2. The number of amidine groups is 1. The number of benzene rings is 3. The Morgan fingerprint density at radius 2 is 1.52 bits per heavy atom. The van der Waals surface area contributed by atoms with Crippen LogP contribution in [0.4, 0.5) is 0 Å². The summed E-state index contributed by atoms with van der Waals surface area (Å²) >= 11 is 0. The van der Waals surface area contributed by atoms with Gasteiger partial charge in [0.05, 0.1) is 22.1 Å². The van der Waals surface area contributed by atoms with Gasteiger partial charge in [0.2, 0.25) is 0 Å². The molecule has 5 aromatic rings. The van der Waals surface area contributed by atoms with Gasteiger partial charge in [-0.05, 0) is 48.0 Å². The number of H-pyrrole nitrogens is 2. The Kier molecular flexibility index (Phi) is 3.80. The first-order chi connectivity index (χ1) is 14.1. The average molecular weight is 382 g/mol. The number of phenols is 1. The Morgan fingerprint density at radius 1 is 0.862 bits per heavy atom. The monoisotopic (exact) mass is 382 g/mol. The maximum Gasteiger partial charge on any atom is 0.122 e. The molecular formula is C22H18N6O. The molecule has 0 saturated carbocycles. The molecule has 0 amide bonds. The van der Waals surface area contributed by atoms with Crippen LogP contribution < -0.4 is 5.73 Å². The Labute approximate surface area is 165 Å². The van der Waals surface area contributed by atoms with Gasteiger partial charge in [-0.2, -0.15) is 0 Å². The Balaban J connectivity index is 1.70. The summed E-state index contributed by atoms with van der Waals surface area (Å²) in [5, 5.41) is 17.4. The number of nitrogens with zero attached hydrogens (tertiary/aromatic N) is 2. The average Bonchev–Trinajstić information content (AvgIpc) is 3.32. The molecule has 0 bridgehead atoms. The van der Waals surface area contributed by atoms with E-state index in [1.54, 1.807) is 24.3 Å². The lowest BCUT2D eigenvalue weighted by Crippen LogP contribution is -2.10. The van der Waals surface area contributed by atoms with E-state index < -0.39 is 0 Å². The van der Waals surface area contributed by atoms with Gasteiger partial charge in [0.25, 0.3) is 0 Å². The van der Waals surface area contributed by atoms with Crippen LogP contribution >= 0.6 is 0 Å². The van der Waals surface area contributed by atoms with Gasteiger partial charge in [0, 0.05) is 5.56 Å². The van der Waals surface area contributed by atoms with Crippen molar-refractivity contribution in [3.8, 4) is 5.75 Å². The summed E-state index contributed by atoms with van der Waals surface area (Å²) in [6, 6.07) is 20.4. The molecule has 0 spiro atoms. The molecule has 7 nitrogen and oxygen atoms in total. The molecule has 1 unspecified atom stereocenters. The van der Waals surface area contributed by atoms with Gasteiger partial charge in [0.1, 0.15) is 29.2 Å². The number of aromatic nitrogens is 4. The summed E-state index contributed by atoms with van der Waals surface area (Å²) < 4.78 is 0. The molecule has 5 rings (SSSR count). The van der Waals surface area contributed by atoms with Crippen molar-refractivity contribution >= 4 is 27.9 Å². The van der Waals surface area contributed by atoms with Crippen LogP contribution in [0.15, 0.2) is 66.7 Å². The zero-order valence-corrected chi connectivity index (χ0v) is 15.3. The second-order valence-electron chi connectivity index (χ2n) is 6.93. The van der Waals surface area contributed by atoms with E-state index in [1.807, 2.05) is 42.5 Å². The number of nitrogen functional groups attached to an aromatic ring is 1. The lowest BCUT2D eigenvalue weighted by molar-refractivity contribution is 0.475. The SMILES string of the molecule is N=C(N)c1ccc2[nH]c(C(c3ccc(O)cc3)c3nc4ccccc4[nH]3)nc2c1. The molecule has 142 valence electrons. The van der Waals surface area contributed by atoms with Crippen molar-refractivity contribution < 1.29 is 5.11 Å². The van der Waals surface area contributed by atoms with Crippen LogP contribution in [0, 0.1) is 5.41 Å². The third-order valence-electron chi connectivity index (χ3n) is 4.99. The molecule has 2 aromatic heterocycles. The molecule has 0 saturated heterocycles. The first-order valence-electron chi connectivity index (χ1n) is 9.16. The fourth-order valence-electron chi connectivity index (χ4n) is 3.55. The zero-order chi connectivity index (χ0) is 20.0. The number of para-hydroxylation sites is 2. The molecule has 0 aliphatic rings. The van der Waals surface area contributed by atoms with Crippen LogP contribution in [0.2, 0.25) is 0 Å². The molecule has 7 heteroatoms. The maximum atomic E-state index is 9.71. The van der Waals surface area contributed by atoms with Crippen LogP contribution in [-0.4, -0.2) is 30.9 Å². The summed E-state index contributed by atoms with van der Waals surface area (Å²) in [4.78, 5) is 16.3. The second-order valence-corrected chi connectivity index (χ2v) is 6.93. The van der Waals surface area contributed by atoms with E-state index >= 15 is 0 Å². The molecular weight excluding hydrogens is 364 g/mol. The quantitative estimate of drug-likeness (QED) is 0.240. The van der Waals surface area contributed by atoms with Crippen molar-refractivity contribution in [2.24, 2.45) is 5.73 Å². The predicted octanol–water partition coefficient (Wildman–Crippen LogP) is 3.61. The van der Waals surface area contributed by atoms with Gasteiger partial charge in [0.15, 0.2) is 0 Å². The van der Waals surface area contributed by atoms with E-state index in [0.717, 1.165) is 33.5 Å². The number of aromatic amines is 2. The molecule has 0 aliphatic heterocycles. The molecule has 0 aliphatic carbocycles. The number of aromatic hydroxyl groups is 1. The van der Waals surface area contributed by atoms with Crippen LogP contribution in [-0.2, 0) is 0 Å². The van der Waals surface area contributed by atoms with Gasteiger partial charge in [-0.25, -0.2) is 9.97 Å². The molecule has 1 atom stereocenters. The van der Waals surface area contributed by atoms with Crippen LogP contribution in [0.5, 0.6) is 5.75 Å². The third-order valence-corrected chi connectivity index (χ3v) is 4.99. The Morgan fingerprint density at radius 3 is 2.21 bits per heavy atom. The van der Waals surface area contributed by atoms with Crippen molar-refractivity contribution in [1.82, 2.24) is 19.9 Å². The molecule has 6 N–H and O–H groups in total. The summed E-state index contributed by atoms with van der Waals surface area (Å²) in [5.41, 5.74) is 10.6. The Bertz CT molecular complexity index is 1320. The van der Waals surface area contributed by atoms with E-state index in [0.29, 0.717) is 11.4 Å². The van der Waals surface area contributed by atoms with Gasteiger partial charge in [-0.3, -0.25) is 5.41 Å². The normalized spacial score (nSPS) is 12.4. The highest BCUT2D eigenvalue weighted by atomic mass is 16.3. The number of nitrogens with one attached hydrogen (secondary N) is 3. The van der Waals surface area contributed by atoms with Crippen LogP contribution in [0.1, 0.15) is 28.7 Å². The van der Waals surface area contributed by atoms with Crippen LogP contribution in [0.3, 0.4) is 0 Å². The number of rotatable bonds is 4. The molecule has 29 heavy (non-hydrogen) atoms. The Hall–Kier alpha value is -4.13. The largest absolute Gasteiger partial charge is 0.508 e. The van der Waals surface area contributed by atoms with Gasteiger partial charge in [-0.1, -0.05) is 24.3 Å². The standard InChI is InChI=1S/C22H18N6O/c23-20(24)13-7-10-17-18(11-13)28-22(27-17)19(12-5-8-14(29)9-6-12)21-25-15-3-1-2-4-16(15)26-21/h1-11,19,29H,(H3,23,24)(H,25,26)(H,27,28). The second kappa shape index (κ2) is 6.49. The number of nitrogens with two attached hydrogens (primary N) is 1. The highest BCUT2D eigenvalue weighted by Gasteiger charge is 2.24. The van der Waals surface area contributed by atoms with Crippen LogP contribution in [0.25, 0.3) is 22.1 Å². The van der Waals surface area contributed by atoms with E-state index in [9.17, 15) is 5.11 Å². The van der Waals surface area contributed by atoms with Gasteiger partial charge < -0.3 is 20.8 Å². The van der Waals surface area contributed by atoms with Crippen molar-refractivity contribution in [1.29, 1.82) is 5.41 Å². The van der Waals surface area contributed by atoms with E-state index in [4.69, 9.17) is 21.1 Å². The zero-order valence-electron chi connectivity index (χ0n) is 15.3. The van der Waals surface area contributed by atoms with E-state index in [1.165, 1.54) is 0 Å². The summed E-state index contributed by atoms with van der Waals surface area (Å²) in [6.45, 7) is 0. The summed E-state index contributed by atoms with van der Waals surface area (Å²) in [5.74, 6) is 1.39. The highest BCUT2D eigenvalue weighted by Crippen LogP contribution is 2.32. The summed E-state index contributed by atoms with van der Waals surface area (Å²) in [6.07, 6.45) is 0. The minimum atomic E-state index is -0.281. The highest BCUT2D eigenvalue weighted by molar-refractivity contribution is 5.98. The van der Waals surface area contributed by atoms with E-state index in [2.05, 4.69) is 9.97 Å². The minimum Gasteiger partial charge on any atom is -0.508 e. The molecule has 0 radical (unpaired) electrons. The van der Waals surface area contributed by atoms with Crippen molar-refractivity contribution in [2.45, 2.75) is 5.92 Å². The molecule has 2 heterocycles. The van der Waals surface area contributed by atoms with Crippen molar-refractivity contribution in [3.63, 3.8) is 0 Å². The van der Waals surface area contributed by atoms with Crippen molar-refractivity contribution in [2.75, 3.05) is 0 Å².